The molecule has 6 nitrogen and oxygen atoms in total. The highest BCUT2D eigenvalue weighted by Crippen LogP contribution is 2.31. The Balaban J connectivity index is 2.04. The summed E-state index contributed by atoms with van der Waals surface area (Å²) in [6.45, 7) is 3.32. The van der Waals surface area contributed by atoms with Gasteiger partial charge in [-0.25, -0.2) is 0 Å². The van der Waals surface area contributed by atoms with Gasteiger partial charge in [0.2, 0.25) is 5.95 Å². The number of H-pyrrole nitrogens is 1. The highest BCUT2D eigenvalue weighted by atomic mass is 15.3. The SMILES string of the molecule is CCCC1CCCCN1c1nc(NC)nc2[nH]ncc12. The zero-order valence-corrected chi connectivity index (χ0v) is 12.2. The van der Waals surface area contributed by atoms with Crippen molar-refractivity contribution in [2.45, 2.75) is 45.1 Å². The van der Waals surface area contributed by atoms with Gasteiger partial charge in [-0.1, -0.05) is 13.3 Å². The average Bonchev–Trinajstić information content (AvgIpc) is 2.95. The van der Waals surface area contributed by atoms with Crippen LogP contribution in [0.1, 0.15) is 39.0 Å². The lowest BCUT2D eigenvalue weighted by atomic mass is 9.98. The Bertz CT molecular complexity index is 576. The number of aromatic nitrogens is 4. The zero-order valence-electron chi connectivity index (χ0n) is 12.2. The van der Waals surface area contributed by atoms with Gasteiger partial charge in [0, 0.05) is 19.6 Å². The summed E-state index contributed by atoms with van der Waals surface area (Å²) >= 11 is 0. The van der Waals surface area contributed by atoms with Crippen molar-refractivity contribution in [3.05, 3.63) is 6.20 Å². The molecule has 1 fully saturated rings. The van der Waals surface area contributed by atoms with Crippen molar-refractivity contribution in [2.75, 3.05) is 23.8 Å². The summed E-state index contributed by atoms with van der Waals surface area (Å²) in [5.74, 6) is 1.67. The molecular formula is C14H22N6. The summed E-state index contributed by atoms with van der Waals surface area (Å²) < 4.78 is 0. The van der Waals surface area contributed by atoms with E-state index in [1.807, 2.05) is 13.2 Å². The van der Waals surface area contributed by atoms with Crippen LogP contribution in [0.4, 0.5) is 11.8 Å². The highest BCUT2D eigenvalue weighted by molar-refractivity contribution is 5.87. The fourth-order valence-electron chi connectivity index (χ4n) is 3.06. The topological polar surface area (TPSA) is 69.7 Å². The molecule has 0 saturated carbocycles. The molecule has 108 valence electrons. The van der Waals surface area contributed by atoms with E-state index in [-0.39, 0.29) is 0 Å². The van der Waals surface area contributed by atoms with E-state index in [2.05, 4.69) is 32.3 Å². The van der Waals surface area contributed by atoms with Crippen LogP contribution in [0.3, 0.4) is 0 Å². The maximum atomic E-state index is 4.69. The quantitative estimate of drug-likeness (QED) is 0.896. The van der Waals surface area contributed by atoms with E-state index < -0.39 is 0 Å². The van der Waals surface area contributed by atoms with Gasteiger partial charge in [0.1, 0.15) is 5.82 Å². The first-order chi connectivity index (χ1) is 9.83. The van der Waals surface area contributed by atoms with E-state index in [1.165, 1.54) is 32.1 Å². The molecule has 0 aromatic carbocycles. The summed E-state index contributed by atoms with van der Waals surface area (Å²) in [5, 5.41) is 11.1. The number of anilines is 2. The largest absolute Gasteiger partial charge is 0.357 e. The van der Waals surface area contributed by atoms with Crippen LogP contribution in [0.25, 0.3) is 11.0 Å². The van der Waals surface area contributed by atoms with Crippen LogP contribution in [0.2, 0.25) is 0 Å². The van der Waals surface area contributed by atoms with Gasteiger partial charge in [0.25, 0.3) is 0 Å². The van der Waals surface area contributed by atoms with E-state index >= 15 is 0 Å². The molecule has 1 aliphatic heterocycles. The Morgan fingerprint density at radius 1 is 1.40 bits per heavy atom. The molecule has 0 amide bonds. The fraction of sp³-hybridized carbons (Fsp3) is 0.643. The van der Waals surface area contributed by atoms with E-state index in [9.17, 15) is 0 Å². The average molecular weight is 274 g/mol. The molecule has 3 heterocycles. The van der Waals surface area contributed by atoms with Crippen molar-refractivity contribution in [3.8, 4) is 0 Å². The number of nitrogens with zero attached hydrogens (tertiary/aromatic N) is 4. The molecule has 6 heteroatoms. The molecule has 2 aromatic rings. The maximum absolute atomic E-state index is 4.69. The van der Waals surface area contributed by atoms with Crippen molar-refractivity contribution >= 4 is 22.8 Å². The third kappa shape index (κ3) is 2.30. The predicted molar refractivity (Wildman–Crippen MR) is 81.1 cm³/mol. The number of hydrogen-bond donors (Lipinski definition) is 2. The molecular weight excluding hydrogens is 252 g/mol. The third-order valence-corrected chi connectivity index (χ3v) is 4.03. The van der Waals surface area contributed by atoms with Crippen molar-refractivity contribution in [2.24, 2.45) is 0 Å². The third-order valence-electron chi connectivity index (χ3n) is 4.03. The van der Waals surface area contributed by atoms with Gasteiger partial charge in [-0.2, -0.15) is 15.1 Å². The lowest BCUT2D eigenvalue weighted by Gasteiger charge is -2.37. The van der Waals surface area contributed by atoms with Crippen molar-refractivity contribution in [1.82, 2.24) is 20.2 Å². The van der Waals surface area contributed by atoms with Gasteiger partial charge in [-0.05, 0) is 25.7 Å². The first-order valence-electron chi connectivity index (χ1n) is 7.49. The van der Waals surface area contributed by atoms with Gasteiger partial charge in [0.05, 0.1) is 11.6 Å². The standard InChI is InChI=1S/C14H22N6/c1-3-6-10-7-4-5-8-20(10)13-11-9-16-19-12(11)17-14(15-2)18-13/h9-10H,3-8H2,1-2H3,(H2,15,16,17,18,19). The minimum Gasteiger partial charge on any atom is -0.357 e. The molecule has 20 heavy (non-hydrogen) atoms. The predicted octanol–water partition coefficient (Wildman–Crippen LogP) is 2.55. The summed E-state index contributed by atoms with van der Waals surface area (Å²) in [7, 11) is 1.85. The summed E-state index contributed by atoms with van der Waals surface area (Å²) in [5.41, 5.74) is 0.806. The minimum absolute atomic E-state index is 0.589. The second-order valence-corrected chi connectivity index (χ2v) is 5.38. The van der Waals surface area contributed by atoms with Gasteiger partial charge in [0.15, 0.2) is 5.65 Å². The Morgan fingerprint density at radius 2 is 2.30 bits per heavy atom. The highest BCUT2D eigenvalue weighted by Gasteiger charge is 2.25. The normalized spacial score (nSPS) is 19.5. The van der Waals surface area contributed by atoms with Crippen LogP contribution < -0.4 is 10.2 Å². The summed E-state index contributed by atoms with van der Waals surface area (Å²) in [4.78, 5) is 11.6. The molecule has 3 rings (SSSR count). The Morgan fingerprint density at radius 3 is 3.10 bits per heavy atom. The first kappa shape index (κ1) is 13.1. The fourth-order valence-corrected chi connectivity index (χ4v) is 3.06. The minimum atomic E-state index is 0.589. The molecule has 1 atom stereocenters. The zero-order chi connectivity index (χ0) is 13.9. The van der Waals surface area contributed by atoms with Crippen LogP contribution in [-0.4, -0.2) is 39.8 Å². The molecule has 1 saturated heterocycles. The Kier molecular flexibility index (Phi) is 3.71. The van der Waals surface area contributed by atoms with Crippen LogP contribution in [-0.2, 0) is 0 Å². The number of piperidine rings is 1. The van der Waals surface area contributed by atoms with Gasteiger partial charge >= 0.3 is 0 Å². The molecule has 2 N–H and O–H groups in total. The molecule has 0 radical (unpaired) electrons. The van der Waals surface area contributed by atoms with Crippen molar-refractivity contribution in [1.29, 1.82) is 0 Å². The van der Waals surface area contributed by atoms with Crippen molar-refractivity contribution < 1.29 is 0 Å². The second-order valence-electron chi connectivity index (χ2n) is 5.38. The summed E-state index contributed by atoms with van der Waals surface area (Å²) in [6.07, 6.45) is 8.07. The Labute approximate surface area is 119 Å². The monoisotopic (exact) mass is 274 g/mol. The van der Waals surface area contributed by atoms with E-state index in [0.717, 1.165) is 23.4 Å². The second kappa shape index (κ2) is 5.64. The Hall–Kier alpha value is -1.85. The van der Waals surface area contributed by atoms with Crippen LogP contribution in [0.5, 0.6) is 0 Å². The van der Waals surface area contributed by atoms with Crippen molar-refractivity contribution in [3.63, 3.8) is 0 Å². The van der Waals surface area contributed by atoms with E-state index in [0.29, 0.717) is 12.0 Å². The number of hydrogen-bond acceptors (Lipinski definition) is 5. The molecule has 0 bridgehead atoms. The maximum Gasteiger partial charge on any atom is 0.226 e. The lowest BCUT2D eigenvalue weighted by Crippen LogP contribution is -2.40. The smallest absolute Gasteiger partial charge is 0.226 e. The van der Waals surface area contributed by atoms with Crippen LogP contribution in [0.15, 0.2) is 6.20 Å². The molecule has 2 aromatic heterocycles. The van der Waals surface area contributed by atoms with Gasteiger partial charge in [-0.15, -0.1) is 0 Å². The number of fused-ring (bicyclic) bond motifs is 1. The lowest BCUT2D eigenvalue weighted by molar-refractivity contribution is 0.433. The molecule has 0 aliphatic carbocycles. The van der Waals surface area contributed by atoms with Gasteiger partial charge < -0.3 is 10.2 Å². The first-order valence-corrected chi connectivity index (χ1v) is 7.49. The number of nitrogens with one attached hydrogen (secondary N) is 2. The molecule has 1 unspecified atom stereocenters. The van der Waals surface area contributed by atoms with E-state index in [1.54, 1.807) is 0 Å². The summed E-state index contributed by atoms with van der Waals surface area (Å²) in [6, 6.07) is 0.589. The van der Waals surface area contributed by atoms with E-state index in [4.69, 9.17) is 4.98 Å². The number of rotatable bonds is 4. The van der Waals surface area contributed by atoms with Crippen LogP contribution >= 0.6 is 0 Å². The number of aromatic amines is 1. The molecule has 1 aliphatic rings. The molecule has 0 spiro atoms. The van der Waals surface area contributed by atoms with Crippen LogP contribution in [0, 0.1) is 0 Å². The van der Waals surface area contributed by atoms with Gasteiger partial charge in [-0.3, -0.25) is 5.10 Å².